The maximum absolute atomic E-state index is 11.9. The Morgan fingerprint density at radius 3 is 2.22 bits per heavy atom. The van der Waals surface area contributed by atoms with Crippen molar-refractivity contribution in [2.45, 2.75) is 18.4 Å². The second-order valence-electron chi connectivity index (χ2n) is 6.22. The van der Waals surface area contributed by atoms with Crippen LogP contribution in [-0.4, -0.2) is 26.2 Å². The van der Waals surface area contributed by atoms with E-state index in [0.29, 0.717) is 12.4 Å². The summed E-state index contributed by atoms with van der Waals surface area (Å²) in [5.41, 5.74) is 3.31. The van der Waals surface area contributed by atoms with Gasteiger partial charge in [0.2, 0.25) is 0 Å². The van der Waals surface area contributed by atoms with Crippen LogP contribution in [0.3, 0.4) is 0 Å². The average molecular weight is 382 g/mol. The third-order valence-corrected chi connectivity index (χ3v) is 5.39. The van der Waals surface area contributed by atoms with Crippen LogP contribution >= 0.6 is 0 Å². The molecular formula is C21H23N3O2S. The van der Waals surface area contributed by atoms with Crippen molar-refractivity contribution in [1.29, 1.82) is 0 Å². The minimum Gasteiger partial charge on any atom is -0.365 e. The molecule has 3 rings (SSSR count). The number of hydrogen-bond donors (Lipinski definition) is 1. The first kappa shape index (κ1) is 18.9. The fourth-order valence-corrected chi connectivity index (χ4v) is 3.73. The Bertz CT molecular complexity index is 987. The highest BCUT2D eigenvalue weighted by Crippen LogP contribution is 2.25. The third kappa shape index (κ3) is 4.65. The Morgan fingerprint density at radius 2 is 1.59 bits per heavy atom. The van der Waals surface area contributed by atoms with Crippen molar-refractivity contribution in [1.82, 2.24) is 4.98 Å². The predicted molar refractivity (Wildman–Crippen MR) is 110 cm³/mol. The first-order valence-electron chi connectivity index (χ1n) is 8.79. The molecule has 0 amide bonds. The van der Waals surface area contributed by atoms with Gasteiger partial charge in [-0.05, 0) is 48.9 Å². The van der Waals surface area contributed by atoms with Crippen LogP contribution < -0.4 is 10.2 Å². The van der Waals surface area contributed by atoms with Gasteiger partial charge in [-0.15, -0.1) is 0 Å². The number of hydrogen-bond acceptors (Lipinski definition) is 5. The molecule has 3 aromatic rings. The number of aromatic nitrogens is 1. The topological polar surface area (TPSA) is 62.3 Å². The molecule has 27 heavy (non-hydrogen) atoms. The first-order chi connectivity index (χ1) is 13.0. The highest BCUT2D eigenvalue weighted by Gasteiger charge is 2.13. The molecule has 0 saturated carbocycles. The summed E-state index contributed by atoms with van der Waals surface area (Å²) in [5, 5.41) is 3.13. The summed E-state index contributed by atoms with van der Waals surface area (Å²) in [6, 6.07) is 21.7. The van der Waals surface area contributed by atoms with Gasteiger partial charge in [0.05, 0.1) is 0 Å². The van der Waals surface area contributed by atoms with E-state index in [0.717, 1.165) is 23.5 Å². The van der Waals surface area contributed by atoms with Gasteiger partial charge >= 0.3 is 0 Å². The predicted octanol–water partition coefficient (Wildman–Crippen LogP) is 4.26. The zero-order valence-corrected chi connectivity index (χ0v) is 16.3. The summed E-state index contributed by atoms with van der Waals surface area (Å²) in [6.07, 6.45) is 2.77. The van der Waals surface area contributed by atoms with Crippen molar-refractivity contribution in [3.8, 4) is 0 Å². The van der Waals surface area contributed by atoms with Gasteiger partial charge in [-0.1, -0.05) is 30.3 Å². The highest BCUT2D eigenvalue weighted by molar-refractivity contribution is 7.90. The van der Waals surface area contributed by atoms with Gasteiger partial charge in [0, 0.05) is 36.9 Å². The van der Waals surface area contributed by atoms with Crippen molar-refractivity contribution in [3.63, 3.8) is 0 Å². The van der Waals surface area contributed by atoms with Crippen LogP contribution in [0.15, 0.2) is 77.8 Å². The fourth-order valence-electron chi connectivity index (χ4n) is 2.92. The third-order valence-electron chi connectivity index (χ3n) is 4.26. The summed E-state index contributed by atoms with van der Waals surface area (Å²) in [6.45, 7) is 3.49. The molecule has 140 valence electrons. The van der Waals surface area contributed by atoms with Crippen molar-refractivity contribution >= 4 is 27.0 Å². The van der Waals surface area contributed by atoms with E-state index in [1.54, 1.807) is 18.3 Å². The normalized spacial score (nSPS) is 11.2. The first-order valence-corrected chi connectivity index (χ1v) is 10.7. The van der Waals surface area contributed by atoms with Gasteiger partial charge in [-0.3, -0.25) is 0 Å². The van der Waals surface area contributed by atoms with Crippen LogP contribution in [0.2, 0.25) is 0 Å². The molecule has 0 bridgehead atoms. The summed E-state index contributed by atoms with van der Waals surface area (Å²) < 4.78 is 23.7. The number of anilines is 3. The van der Waals surface area contributed by atoms with E-state index in [2.05, 4.69) is 46.4 Å². The standard InChI is InChI=1S/C21H23N3O2S/c1-3-24(18-8-5-4-6-9-18)19-13-11-17(12-14-19)16-23-21-20(27(2,25)26)10-7-15-22-21/h4-15H,3,16H2,1-2H3,(H,22,23). The lowest BCUT2D eigenvalue weighted by atomic mass is 10.1. The molecule has 0 radical (unpaired) electrons. The lowest BCUT2D eigenvalue weighted by Gasteiger charge is -2.23. The molecule has 0 aliphatic heterocycles. The molecule has 1 aromatic heterocycles. The number of nitrogens with one attached hydrogen (secondary N) is 1. The molecule has 1 N–H and O–H groups in total. The van der Waals surface area contributed by atoms with Crippen LogP contribution in [0.5, 0.6) is 0 Å². The van der Waals surface area contributed by atoms with E-state index in [4.69, 9.17) is 0 Å². The zero-order valence-electron chi connectivity index (χ0n) is 15.5. The van der Waals surface area contributed by atoms with Crippen molar-refractivity contribution in [3.05, 3.63) is 78.5 Å². The van der Waals surface area contributed by atoms with Gasteiger partial charge in [0.25, 0.3) is 0 Å². The van der Waals surface area contributed by atoms with Crippen LogP contribution in [0, 0.1) is 0 Å². The number of benzene rings is 2. The van der Waals surface area contributed by atoms with Gasteiger partial charge in [-0.25, -0.2) is 13.4 Å². The maximum atomic E-state index is 11.9. The van der Waals surface area contributed by atoms with Crippen molar-refractivity contribution in [2.75, 3.05) is 23.0 Å². The van der Waals surface area contributed by atoms with Gasteiger partial charge in [0.15, 0.2) is 9.84 Å². The number of para-hydroxylation sites is 1. The molecule has 5 nitrogen and oxygen atoms in total. The lowest BCUT2D eigenvalue weighted by molar-refractivity contribution is 0.601. The molecule has 0 unspecified atom stereocenters. The summed E-state index contributed by atoms with van der Waals surface area (Å²) in [5.74, 6) is 0.378. The van der Waals surface area contributed by atoms with Crippen molar-refractivity contribution in [2.24, 2.45) is 0 Å². The van der Waals surface area contributed by atoms with Gasteiger partial charge in [-0.2, -0.15) is 0 Å². The van der Waals surface area contributed by atoms with Crippen LogP contribution in [0.1, 0.15) is 12.5 Å². The van der Waals surface area contributed by atoms with E-state index in [1.165, 1.54) is 6.26 Å². The minimum absolute atomic E-state index is 0.211. The Hall–Kier alpha value is -2.86. The van der Waals surface area contributed by atoms with Gasteiger partial charge in [0.1, 0.15) is 10.7 Å². The summed E-state index contributed by atoms with van der Waals surface area (Å²) >= 11 is 0. The Kier molecular flexibility index (Phi) is 5.76. The average Bonchev–Trinajstić information content (AvgIpc) is 2.68. The molecule has 0 saturated heterocycles. The number of rotatable bonds is 7. The zero-order chi connectivity index (χ0) is 19.3. The highest BCUT2D eigenvalue weighted by atomic mass is 32.2. The smallest absolute Gasteiger partial charge is 0.179 e. The molecular weight excluding hydrogens is 358 g/mol. The maximum Gasteiger partial charge on any atom is 0.179 e. The molecule has 0 aliphatic carbocycles. The van der Waals surface area contributed by atoms with Gasteiger partial charge < -0.3 is 10.2 Å². The van der Waals surface area contributed by atoms with E-state index >= 15 is 0 Å². The number of nitrogens with zero attached hydrogens (tertiary/aromatic N) is 2. The van der Waals surface area contributed by atoms with E-state index in [-0.39, 0.29) is 4.90 Å². The summed E-state index contributed by atoms with van der Waals surface area (Å²) in [7, 11) is -3.32. The second kappa shape index (κ2) is 8.22. The monoisotopic (exact) mass is 381 g/mol. The number of pyridine rings is 1. The second-order valence-corrected chi connectivity index (χ2v) is 8.21. The van der Waals surface area contributed by atoms with Crippen molar-refractivity contribution < 1.29 is 8.42 Å². The molecule has 6 heteroatoms. The SMILES string of the molecule is CCN(c1ccccc1)c1ccc(CNc2ncccc2S(C)(=O)=O)cc1. The quantitative estimate of drug-likeness (QED) is 0.663. The van der Waals surface area contributed by atoms with E-state index < -0.39 is 9.84 Å². The largest absolute Gasteiger partial charge is 0.365 e. The Morgan fingerprint density at radius 1 is 0.926 bits per heavy atom. The molecule has 2 aromatic carbocycles. The van der Waals surface area contributed by atoms with E-state index in [9.17, 15) is 8.42 Å². The molecule has 0 aliphatic rings. The molecule has 0 spiro atoms. The summed E-state index contributed by atoms with van der Waals surface area (Å²) in [4.78, 5) is 6.61. The Balaban J connectivity index is 1.74. The molecule has 0 fully saturated rings. The van der Waals surface area contributed by atoms with Crippen LogP contribution in [-0.2, 0) is 16.4 Å². The van der Waals surface area contributed by atoms with Crippen LogP contribution in [0.4, 0.5) is 17.2 Å². The Labute approximate surface area is 160 Å². The van der Waals surface area contributed by atoms with Crippen LogP contribution in [0.25, 0.3) is 0 Å². The number of sulfone groups is 1. The minimum atomic E-state index is -3.32. The fraction of sp³-hybridized carbons (Fsp3) is 0.190. The molecule has 0 atom stereocenters. The molecule has 1 heterocycles. The lowest BCUT2D eigenvalue weighted by Crippen LogP contribution is -2.15. The van der Waals surface area contributed by atoms with E-state index in [1.807, 2.05) is 30.3 Å².